The number of nitrogens with zero attached hydrogens (tertiary/aromatic N) is 2. The van der Waals surface area contributed by atoms with Crippen LogP contribution in [0.1, 0.15) is 18.9 Å². The summed E-state index contributed by atoms with van der Waals surface area (Å²) in [7, 11) is 0. The number of aryl methyl sites for hydroxylation is 1. The molecule has 0 spiro atoms. The van der Waals surface area contributed by atoms with Crippen molar-refractivity contribution >= 4 is 29.1 Å². The molecule has 0 fully saturated rings. The summed E-state index contributed by atoms with van der Waals surface area (Å²) in [5.74, 6) is 0.497. The van der Waals surface area contributed by atoms with Crippen molar-refractivity contribution in [3.05, 3.63) is 40.8 Å². The Kier molecular flexibility index (Phi) is 4.74. The maximum atomic E-state index is 13.8. The molecule has 1 aromatic heterocycles. The summed E-state index contributed by atoms with van der Waals surface area (Å²) in [4.78, 5) is 8.30. The largest absolute Gasteiger partial charge is 0.354 e. The minimum Gasteiger partial charge on any atom is -0.354 e. The summed E-state index contributed by atoms with van der Waals surface area (Å²) in [6.07, 6.45) is 2.45. The van der Waals surface area contributed by atoms with E-state index in [-0.39, 0.29) is 5.82 Å². The van der Waals surface area contributed by atoms with E-state index in [1.807, 2.05) is 19.9 Å². The molecule has 2 rings (SSSR count). The molecule has 1 aromatic carbocycles. The lowest BCUT2D eigenvalue weighted by Gasteiger charge is -2.10. The molecule has 0 unspecified atom stereocenters. The van der Waals surface area contributed by atoms with Crippen LogP contribution in [0, 0.1) is 12.7 Å². The Balaban J connectivity index is 2.23. The van der Waals surface area contributed by atoms with Crippen LogP contribution in [0.3, 0.4) is 0 Å². The number of aromatic nitrogens is 2. The van der Waals surface area contributed by atoms with Gasteiger partial charge < -0.3 is 10.6 Å². The fraction of sp³-hybridized carbons (Fsp3) is 0.286. The number of rotatable bonds is 5. The Labute approximate surface area is 122 Å². The Morgan fingerprint density at radius 1 is 1.35 bits per heavy atom. The van der Waals surface area contributed by atoms with E-state index in [4.69, 9.17) is 11.6 Å². The smallest absolute Gasteiger partial charge is 0.224 e. The monoisotopic (exact) mass is 294 g/mol. The van der Waals surface area contributed by atoms with Crippen LogP contribution in [0.25, 0.3) is 0 Å². The first-order chi connectivity index (χ1) is 9.60. The summed E-state index contributed by atoms with van der Waals surface area (Å²) in [6.45, 7) is 4.64. The average Bonchev–Trinajstić information content (AvgIpc) is 2.42. The molecule has 6 heteroatoms. The minimum atomic E-state index is -0.345. The van der Waals surface area contributed by atoms with Gasteiger partial charge in [0.2, 0.25) is 5.95 Å². The zero-order valence-electron chi connectivity index (χ0n) is 11.4. The molecule has 1 heterocycles. The number of benzene rings is 1. The van der Waals surface area contributed by atoms with E-state index in [2.05, 4.69) is 20.6 Å². The molecule has 0 amide bonds. The molecule has 0 bridgehead atoms. The zero-order chi connectivity index (χ0) is 14.5. The second kappa shape index (κ2) is 6.52. The predicted molar refractivity (Wildman–Crippen MR) is 80.2 cm³/mol. The van der Waals surface area contributed by atoms with Gasteiger partial charge in [0.05, 0.1) is 11.9 Å². The molecular weight excluding hydrogens is 279 g/mol. The summed E-state index contributed by atoms with van der Waals surface area (Å²) in [5.41, 5.74) is 1.18. The van der Waals surface area contributed by atoms with Crippen molar-refractivity contribution in [2.45, 2.75) is 20.3 Å². The Morgan fingerprint density at radius 3 is 2.85 bits per heavy atom. The van der Waals surface area contributed by atoms with E-state index in [1.54, 1.807) is 6.07 Å². The van der Waals surface area contributed by atoms with E-state index in [0.717, 1.165) is 18.5 Å². The fourth-order valence-corrected chi connectivity index (χ4v) is 1.76. The van der Waals surface area contributed by atoms with Gasteiger partial charge in [-0.05, 0) is 31.0 Å². The highest BCUT2D eigenvalue weighted by molar-refractivity contribution is 6.32. The van der Waals surface area contributed by atoms with Crippen molar-refractivity contribution in [3.63, 3.8) is 0 Å². The summed E-state index contributed by atoms with van der Waals surface area (Å²) in [6, 6.07) is 4.92. The van der Waals surface area contributed by atoms with Gasteiger partial charge in [-0.1, -0.05) is 24.6 Å². The third kappa shape index (κ3) is 3.57. The molecule has 0 radical (unpaired) electrons. The molecule has 4 nitrogen and oxygen atoms in total. The van der Waals surface area contributed by atoms with E-state index in [1.165, 1.54) is 12.3 Å². The molecule has 2 aromatic rings. The van der Waals surface area contributed by atoms with Gasteiger partial charge in [0.15, 0.2) is 5.82 Å². The molecule has 20 heavy (non-hydrogen) atoms. The summed E-state index contributed by atoms with van der Waals surface area (Å²) in [5, 5.41) is 6.28. The first-order valence-corrected chi connectivity index (χ1v) is 6.77. The van der Waals surface area contributed by atoms with Crippen LogP contribution < -0.4 is 10.6 Å². The van der Waals surface area contributed by atoms with Crippen molar-refractivity contribution in [1.29, 1.82) is 0 Å². The van der Waals surface area contributed by atoms with Gasteiger partial charge in [0.1, 0.15) is 10.8 Å². The number of anilines is 3. The Hall–Kier alpha value is -1.88. The molecule has 0 aliphatic carbocycles. The van der Waals surface area contributed by atoms with Crippen LogP contribution in [0.2, 0.25) is 5.02 Å². The van der Waals surface area contributed by atoms with E-state index in [9.17, 15) is 4.39 Å². The molecule has 0 aliphatic rings. The molecule has 106 valence electrons. The fourth-order valence-electron chi connectivity index (χ4n) is 1.63. The highest BCUT2D eigenvalue weighted by atomic mass is 35.5. The third-order valence-corrected chi connectivity index (χ3v) is 2.93. The number of hydrogen-bond donors (Lipinski definition) is 2. The summed E-state index contributed by atoms with van der Waals surface area (Å²) >= 11 is 6.03. The normalized spacial score (nSPS) is 10.4. The van der Waals surface area contributed by atoms with Crippen molar-refractivity contribution in [1.82, 2.24) is 9.97 Å². The Morgan fingerprint density at radius 2 is 2.15 bits per heavy atom. The van der Waals surface area contributed by atoms with Crippen LogP contribution in [-0.2, 0) is 0 Å². The van der Waals surface area contributed by atoms with Gasteiger partial charge in [-0.3, -0.25) is 0 Å². The van der Waals surface area contributed by atoms with Crippen LogP contribution in [-0.4, -0.2) is 16.5 Å². The second-order valence-electron chi connectivity index (χ2n) is 4.43. The predicted octanol–water partition coefficient (Wildman–Crippen LogP) is 4.14. The maximum Gasteiger partial charge on any atom is 0.224 e. The Bertz CT molecular complexity index is 604. The van der Waals surface area contributed by atoms with Crippen molar-refractivity contribution < 1.29 is 4.39 Å². The van der Waals surface area contributed by atoms with Crippen LogP contribution >= 0.6 is 11.6 Å². The molecule has 0 saturated carbocycles. The van der Waals surface area contributed by atoms with Gasteiger partial charge in [-0.2, -0.15) is 4.98 Å². The van der Waals surface area contributed by atoms with Crippen molar-refractivity contribution in [3.8, 4) is 0 Å². The standard InChI is InChI=1S/C14H16ClFN4/c1-3-6-17-14-18-8-10(15)13(20-14)19-12-5-4-9(2)7-11(12)16/h4-5,7-8H,3,6H2,1-2H3,(H2,17,18,19,20). The van der Waals surface area contributed by atoms with Crippen LogP contribution in [0.4, 0.5) is 21.8 Å². The molecule has 2 N–H and O–H groups in total. The van der Waals surface area contributed by atoms with E-state index < -0.39 is 0 Å². The van der Waals surface area contributed by atoms with E-state index in [0.29, 0.717) is 22.5 Å². The molecule has 0 aliphatic heterocycles. The second-order valence-corrected chi connectivity index (χ2v) is 4.83. The lowest BCUT2D eigenvalue weighted by atomic mass is 10.2. The first-order valence-electron chi connectivity index (χ1n) is 6.39. The van der Waals surface area contributed by atoms with Crippen LogP contribution in [0.5, 0.6) is 0 Å². The number of hydrogen-bond acceptors (Lipinski definition) is 4. The van der Waals surface area contributed by atoms with Crippen molar-refractivity contribution in [2.24, 2.45) is 0 Å². The summed E-state index contributed by atoms with van der Waals surface area (Å²) < 4.78 is 13.8. The molecule has 0 atom stereocenters. The van der Waals surface area contributed by atoms with Gasteiger partial charge >= 0.3 is 0 Å². The van der Waals surface area contributed by atoms with Gasteiger partial charge in [0, 0.05) is 6.54 Å². The number of nitrogens with one attached hydrogen (secondary N) is 2. The minimum absolute atomic E-state index is 0.331. The maximum absolute atomic E-state index is 13.8. The highest BCUT2D eigenvalue weighted by Crippen LogP contribution is 2.25. The molecule has 0 saturated heterocycles. The quantitative estimate of drug-likeness (QED) is 0.870. The van der Waals surface area contributed by atoms with Crippen molar-refractivity contribution in [2.75, 3.05) is 17.2 Å². The lowest BCUT2D eigenvalue weighted by Crippen LogP contribution is -2.06. The lowest BCUT2D eigenvalue weighted by molar-refractivity contribution is 0.630. The zero-order valence-corrected chi connectivity index (χ0v) is 12.1. The van der Waals surface area contributed by atoms with Gasteiger partial charge in [0.25, 0.3) is 0 Å². The van der Waals surface area contributed by atoms with Gasteiger partial charge in [-0.15, -0.1) is 0 Å². The highest BCUT2D eigenvalue weighted by Gasteiger charge is 2.08. The number of halogens is 2. The van der Waals surface area contributed by atoms with Crippen LogP contribution in [0.15, 0.2) is 24.4 Å². The van der Waals surface area contributed by atoms with Gasteiger partial charge in [-0.25, -0.2) is 9.37 Å². The topological polar surface area (TPSA) is 49.8 Å². The average molecular weight is 295 g/mol. The van der Waals surface area contributed by atoms with E-state index >= 15 is 0 Å². The SMILES string of the molecule is CCCNc1ncc(Cl)c(Nc2ccc(C)cc2F)n1. The molecular formula is C14H16ClFN4. The third-order valence-electron chi connectivity index (χ3n) is 2.65. The first kappa shape index (κ1) is 14.5.